The van der Waals surface area contributed by atoms with Gasteiger partial charge in [0.05, 0.1) is 23.5 Å². The quantitative estimate of drug-likeness (QED) is 0.785. The zero-order chi connectivity index (χ0) is 17.3. The minimum Gasteiger partial charge on any atom is -0.465 e. The Labute approximate surface area is 132 Å². The monoisotopic (exact) mass is 351 g/mol. The molecule has 1 aliphatic rings. The van der Waals surface area contributed by atoms with Crippen molar-refractivity contribution in [2.45, 2.75) is 23.9 Å². The number of carbonyl (C=O) groups is 1. The standard InChI is InChI=1S/C14H16F3NO4S/c1-22-13(19)10-4-6-12(7-5-10)23(20,21)18-8-2-3-11(9-18)14(15,16)17/h4-7,11H,2-3,8-9H2,1H3. The fourth-order valence-electron chi connectivity index (χ4n) is 2.46. The van der Waals surface area contributed by atoms with Crippen LogP contribution in [0.3, 0.4) is 0 Å². The second-order valence-electron chi connectivity index (χ2n) is 5.26. The molecule has 5 nitrogen and oxygen atoms in total. The number of nitrogens with zero attached hydrogens (tertiary/aromatic N) is 1. The van der Waals surface area contributed by atoms with Crippen LogP contribution in [0.1, 0.15) is 23.2 Å². The van der Waals surface area contributed by atoms with E-state index in [-0.39, 0.29) is 29.8 Å². The Morgan fingerprint density at radius 3 is 2.39 bits per heavy atom. The van der Waals surface area contributed by atoms with Gasteiger partial charge < -0.3 is 4.74 Å². The lowest BCUT2D eigenvalue weighted by molar-refractivity contribution is -0.182. The number of hydrogen-bond donors (Lipinski definition) is 0. The lowest BCUT2D eigenvalue weighted by atomic mass is 9.99. The summed E-state index contributed by atoms with van der Waals surface area (Å²) in [7, 11) is -2.83. The molecular formula is C14H16F3NO4S. The van der Waals surface area contributed by atoms with E-state index in [0.717, 1.165) is 4.31 Å². The molecule has 1 aromatic rings. The van der Waals surface area contributed by atoms with E-state index in [1.807, 2.05) is 0 Å². The van der Waals surface area contributed by atoms with Gasteiger partial charge in [0, 0.05) is 13.1 Å². The maximum atomic E-state index is 12.8. The van der Waals surface area contributed by atoms with Crippen molar-refractivity contribution in [3.05, 3.63) is 29.8 Å². The molecule has 0 bridgehead atoms. The molecule has 9 heteroatoms. The van der Waals surface area contributed by atoms with Crippen molar-refractivity contribution in [3.8, 4) is 0 Å². The maximum absolute atomic E-state index is 12.8. The van der Waals surface area contributed by atoms with Gasteiger partial charge >= 0.3 is 12.1 Å². The van der Waals surface area contributed by atoms with Gasteiger partial charge in [0.1, 0.15) is 0 Å². The summed E-state index contributed by atoms with van der Waals surface area (Å²) in [6.07, 6.45) is -4.33. The summed E-state index contributed by atoms with van der Waals surface area (Å²) in [5, 5.41) is 0. The molecule has 0 N–H and O–H groups in total. The van der Waals surface area contributed by atoms with Gasteiger partial charge in [-0.05, 0) is 37.1 Å². The number of benzene rings is 1. The molecule has 1 saturated heterocycles. The van der Waals surface area contributed by atoms with Crippen LogP contribution in [0, 0.1) is 5.92 Å². The zero-order valence-electron chi connectivity index (χ0n) is 12.3. The minimum atomic E-state index is -4.41. The highest BCUT2D eigenvalue weighted by Gasteiger charge is 2.44. The summed E-state index contributed by atoms with van der Waals surface area (Å²) in [5.41, 5.74) is 0.165. The summed E-state index contributed by atoms with van der Waals surface area (Å²) < 4.78 is 68.7. The number of methoxy groups -OCH3 is 1. The molecule has 1 heterocycles. The molecule has 0 saturated carbocycles. The third-order valence-electron chi connectivity index (χ3n) is 3.76. The minimum absolute atomic E-state index is 0.0493. The molecule has 0 radical (unpaired) electrons. The number of sulfonamides is 1. The number of rotatable bonds is 3. The topological polar surface area (TPSA) is 63.7 Å². The van der Waals surface area contributed by atoms with Gasteiger partial charge in [0.2, 0.25) is 10.0 Å². The summed E-state index contributed by atoms with van der Waals surface area (Å²) in [4.78, 5) is 11.2. The van der Waals surface area contributed by atoms with Crippen LogP contribution in [-0.2, 0) is 14.8 Å². The molecule has 0 spiro atoms. The first-order valence-corrected chi connectivity index (χ1v) is 8.35. The van der Waals surface area contributed by atoms with E-state index >= 15 is 0 Å². The fourth-order valence-corrected chi connectivity index (χ4v) is 3.98. The van der Waals surface area contributed by atoms with Crippen LogP contribution >= 0.6 is 0 Å². The van der Waals surface area contributed by atoms with Crippen LogP contribution in [0.5, 0.6) is 0 Å². The SMILES string of the molecule is COC(=O)c1ccc(S(=O)(=O)N2CCCC(C(F)(F)F)C2)cc1. The first-order chi connectivity index (χ1) is 10.7. The molecule has 1 aliphatic heterocycles. The first-order valence-electron chi connectivity index (χ1n) is 6.91. The number of alkyl halides is 3. The summed E-state index contributed by atoms with van der Waals surface area (Å²) in [6, 6.07) is 4.92. The van der Waals surface area contributed by atoms with Crippen LogP contribution in [0.25, 0.3) is 0 Å². The average Bonchev–Trinajstić information content (AvgIpc) is 2.53. The number of hydrogen-bond acceptors (Lipinski definition) is 4. The molecule has 128 valence electrons. The van der Waals surface area contributed by atoms with E-state index in [4.69, 9.17) is 0 Å². The van der Waals surface area contributed by atoms with Gasteiger partial charge in [-0.15, -0.1) is 0 Å². The van der Waals surface area contributed by atoms with E-state index in [2.05, 4.69) is 4.74 Å². The van der Waals surface area contributed by atoms with Gasteiger partial charge in [-0.2, -0.15) is 17.5 Å². The highest BCUT2D eigenvalue weighted by Crippen LogP contribution is 2.34. The molecule has 1 atom stereocenters. The highest BCUT2D eigenvalue weighted by molar-refractivity contribution is 7.89. The van der Waals surface area contributed by atoms with E-state index < -0.39 is 34.6 Å². The predicted molar refractivity (Wildman–Crippen MR) is 75.3 cm³/mol. The molecule has 1 unspecified atom stereocenters. The molecule has 0 amide bonds. The van der Waals surface area contributed by atoms with Crippen molar-refractivity contribution in [2.75, 3.05) is 20.2 Å². The molecule has 1 fully saturated rings. The number of halogens is 3. The summed E-state index contributed by atoms with van der Waals surface area (Å²) in [6.45, 7) is -0.530. The second-order valence-corrected chi connectivity index (χ2v) is 7.20. The van der Waals surface area contributed by atoms with Gasteiger partial charge in [-0.1, -0.05) is 0 Å². The van der Waals surface area contributed by atoms with E-state index in [0.29, 0.717) is 0 Å². The summed E-state index contributed by atoms with van der Waals surface area (Å²) >= 11 is 0. The average molecular weight is 351 g/mol. The number of esters is 1. The Balaban J connectivity index is 2.22. The van der Waals surface area contributed by atoms with Gasteiger partial charge in [0.15, 0.2) is 0 Å². The van der Waals surface area contributed by atoms with Crippen LogP contribution in [0.4, 0.5) is 13.2 Å². The predicted octanol–water partition coefficient (Wildman–Crippen LogP) is 2.44. The molecule has 0 aromatic heterocycles. The molecular weight excluding hydrogens is 335 g/mol. The third kappa shape index (κ3) is 3.84. The lowest BCUT2D eigenvalue weighted by Crippen LogP contribution is -2.44. The highest BCUT2D eigenvalue weighted by atomic mass is 32.2. The van der Waals surface area contributed by atoms with E-state index in [1.54, 1.807) is 0 Å². The van der Waals surface area contributed by atoms with Crippen LogP contribution in [0.15, 0.2) is 29.2 Å². The van der Waals surface area contributed by atoms with Crippen molar-refractivity contribution in [2.24, 2.45) is 5.92 Å². The number of ether oxygens (including phenoxy) is 1. The largest absolute Gasteiger partial charge is 0.465 e. The third-order valence-corrected chi connectivity index (χ3v) is 5.64. The molecule has 2 rings (SSSR count). The molecule has 23 heavy (non-hydrogen) atoms. The van der Waals surface area contributed by atoms with Crippen molar-refractivity contribution in [1.82, 2.24) is 4.31 Å². The van der Waals surface area contributed by atoms with E-state index in [1.165, 1.54) is 31.4 Å². The van der Waals surface area contributed by atoms with Gasteiger partial charge in [-0.25, -0.2) is 13.2 Å². The number of carbonyl (C=O) groups excluding carboxylic acids is 1. The Bertz CT molecular complexity index is 670. The van der Waals surface area contributed by atoms with Gasteiger partial charge in [-0.3, -0.25) is 0 Å². The smallest absolute Gasteiger partial charge is 0.393 e. The summed E-state index contributed by atoms with van der Waals surface area (Å²) in [5.74, 6) is -2.27. The molecule has 1 aromatic carbocycles. The van der Waals surface area contributed by atoms with Crippen LogP contribution in [-0.4, -0.2) is 45.1 Å². The van der Waals surface area contributed by atoms with Crippen molar-refractivity contribution >= 4 is 16.0 Å². The Morgan fingerprint density at radius 1 is 1.26 bits per heavy atom. The Morgan fingerprint density at radius 2 is 1.87 bits per heavy atom. The number of piperidine rings is 1. The zero-order valence-corrected chi connectivity index (χ0v) is 13.2. The second kappa shape index (κ2) is 6.48. The Hall–Kier alpha value is -1.61. The Kier molecular flexibility index (Phi) is 5.00. The fraction of sp³-hybridized carbons (Fsp3) is 0.500. The van der Waals surface area contributed by atoms with E-state index in [9.17, 15) is 26.4 Å². The lowest BCUT2D eigenvalue weighted by Gasteiger charge is -2.32. The normalized spacial score (nSPS) is 20.3. The maximum Gasteiger partial charge on any atom is 0.393 e. The van der Waals surface area contributed by atoms with Crippen molar-refractivity contribution in [1.29, 1.82) is 0 Å². The van der Waals surface area contributed by atoms with Crippen molar-refractivity contribution in [3.63, 3.8) is 0 Å². The van der Waals surface area contributed by atoms with Crippen LogP contribution in [0.2, 0.25) is 0 Å². The first kappa shape index (κ1) is 17.7. The van der Waals surface area contributed by atoms with Crippen LogP contribution < -0.4 is 0 Å². The molecule has 0 aliphatic carbocycles. The van der Waals surface area contributed by atoms with Crippen molar-refractivity contribution < 1.29 is 31.1 Å². The van der Waals surface area contributed by atoms with Gasteiger partial charge in [0.25, 0.3) is 0 Å².